The van der Waals surface area contributed by atoms with Crippen LogP contribution in [0, 0.1) is 0 Å². The van der Waals surface area contributed by atoms with Crippen molar-refractivity contribution < 1.29 is 23.9 Å². The zero-order valence-corrected chi connectivity index (χ0v) is 16.4. The lowest BCUT2D eigenvalue weighted by molar-refractivity contribution is -0.134. The molecule has 2 heterocycles. The van der Waals surface area contributed by atoms with Crippen LogP contribution in [0.4, 0.5) is 4.79 Å². The minimum atomic E-state index is -0.673. The summed E-state index contributed by atoms with van der Waals surface area (Å²) in [6, 6.07) is -0.622. The van der Waals surface area contributed by atoms with Crippen molar-refractivity contribution in [2.24, 2.45) is 0 Å². The van der Waals surface area contributed by atoms with Gasteiger partial charge >= 0.3 is 12.1 Å². The Morgan fingerprint density at radius 3 is 2.44 bits per heavy atom. The smallest absolute Gasteiger partial charge is 0.408 e. The molecule has 1 fully saturated rings. The highest BCUT2D eigenvalue weighted by atomic mass is 16.6. The van der Waals surface area contributed by atoms with Gasteiger partial charge in [-0.2, -0.15) is 0 Å². The molecule has 150 valence electrons. The van der Waals surface area contributed by atoms with Crippen LogP contribution in [0.5, 0.6) is 0 Å². The van der Waals surface area contributed by atoms with E-state index in [2.05, 4.69) is 20.4 Å². The number of alkyl carbamates (subject to hydrolysis) is 1. The van der Waals surface area contributed by atoms with Gasteiger partial charge < -0.3 is 19.7 Å². The van der Waals surface area contributed by atoms with Gasteiger partial charge in [-0.05, 0) is 40.5 Å². The summed E-state index contributed by atoms with van der Waals surface area (Å²) >= 11 is 0. The summed E-state index contributed by atoms with van der Waals surface area (Å²) in [6.07, 6.45) is 2.29. The van der Waals surface area contributed by atoms with Crippen molar-refractivity contribution in [3.8, 4) is 0 Å². The Bertz CT molecular complexity index is 688. The van der Waals surface area contributed by atoms with E-state index in [0.717, 1.165) is 0 Å². The number of rotatable bonds is 4. The number of piperidine rings is 1. The fourth-order valence-electron chi connectivity index (χ4n) is 2.82. The first-order valence-corrected chi connectivity index (χ1v) is 8.89. The number of methoxy groups -OCH3 is 1. The van der Waals surface area contributed by atoms with Gasteiger partial charge in [-0.25, -0.2) is 14.3 Å². The highest BCUT2D eigenvalue weighted by Crippen LogP contribution is 2.22. The number of aromatic nitrogens is 3. The maximum absolute atomic E-state index is 12.5. The lowest BCUT2D eigenvalue weighted by Crippen LogP contribution is -2.50. The summed E-state index contributed by atoms with van der Waals surface area (Å²) in [4.78, 5) is 37.5. The van der Waals surface area contributed by atoms with Gasteiger partial charge in [0.15, 0.2) is 5.69 Å². The molecule has 0 aliphatic carbocycles. The molecule has 0 saturated carbocycles. The zero-order chi connectivity index (χ0) is 20.2. The van der Waals surface area contributed by atoms with Crippen LogP contribution in [-0.2, 0) is 14.3 Å². The van der Waals surface area contributed by atoms with E-state index in [4.69, 9.17) is 4.74 Å². The molecule has 10 nitrogen and oxygen atoms in total. The van der Waals surface area contributed by atoms with E-state index in [0.29, 0.717) is 25.9 Å². The van der Waals surface area contributed by atoms with Crippen molar-refractivity contribution in [1.29, 1.82) is 0 Å². The Hall–Kier alpha value is -2.65. The summed E-state index contributed by atoms with van der Waals surface area (Å²) in [5.41, 5.74) is -0.460. The van der Waals surface area contributed by atoms with E-state index in [9.17, 15) is 14.4 Å². The first kappa shape index (κ1) is 20.7. The number of hydrogen-bond acceptors (Lipinski definition) is 7. The normalized spacial score (nSPS) is 16.6. The number of esters is 1. The molecule has 0 radical (unpaired) electrons. The average Bonchev–Trinajstić information content (AvgIpc) is 3.08. The second-order valence-corrected chi connectivity index (χ2v) is 7.50. The van der Waals surface area contributed by atoms with Crippen LogP contribution < -0.4 is 5.32 Å². The number of likely N-dealkylation sites (tertiary alicyclic amines) is 1. The van der Waals surface area contributed by atoms with Crippen molar-refractivity contribution >= 4 is 18.0 Å². The molecule has 10 heteroatoms. The molecule has 2 amide bonds. The van der Waals surface area contributed by atoms with Crippen molar-refractivity contribution in [2.75, 3.05) is 20.2 Å². The van der Waals surface area contributed by atoms with Crippen molar-refractivity contribution in [3.63, 3.8) is 0 Å². The molecule has 0 aromatic carbocycles. The van der Waals surface area contributed by atoms with Crippen LogP contribution in [0.25, 0.3) is 0 Å². The molecule has 1 aliphatic heterocycles. The molecule has 1 N–H and O–H groups in total. The van der Waals surface area contributed by atoms with Crippen LogP contribution in [0.1, 0.15) is 57.1 Å². The van der Waals surface area contributed by atoms with Gasteiger partial charge in [0, 0.05) is 13.1 Å². The first-order valence-electron chi connectivity index (χ1n) is 8.89. The summed E-state index contributed by atoms with van der Waals surface area (Å²) in [7, 11) is 1.29. The Kier molecular flexibility index (Phi) is 6.40. The van der Waals surface area contributed by atoms with Crippen molar-refractivity contribution in [1.82, 2.24) is 25.2 Å². The van der Waals surface area contributed by atoms with E-state index >= 15 is 0 Å². The molecular weight excluding hydrogens is 354 g/mol. The molecule has 1 aromatic rings. The SMILES string of the molecule is COC(=O)c1cn(C2CCN(C(=O)C(C)NC(=O)OC(C)(C)C)CC2)nn1. The minimum Gasteiger partial charge on any atom is -0.464 e. The van der Waals surface area contributed by atoms with Gasteiger partial charge in [-0.15, -0.1) is 5.10 Å². The Morgan fingerprint density at radius 1 is 1.26 bits per heavy atom. The molecule has 1 aromatic heterocycles. The molecule has 0 bridgehead atoms. The van der Waals surface area contributed by atoms with Crippen molar-refractivity contribution in [3.05, 3.63) is 11.9 Å². The topological polar surface area (TPSA) is 116 Å². The monoisotopic (exact) mass is 381 g/mol. The molecule has 1 unspecified atom stereocenters. The molecule has 2 rings (SSSR count). The highest BCUT2D eigenvalue weighted by Gasteiger charge is 2.29. The Morgan fingerprint density at radius 2 is 1.89 bits per heavy atom. The molecule has 1 saturated heterocycles. The van der Waals surface area contributed by atoms with Gasteiger partial charge in [-0.1, -0.05) is 5.21 Å². The lowest BCUT2D eigenvalue weighted by Gasteiger charge is -2.33. The average molecular weight is 381 g/mol. The third-order valence-electron chi connectivity index (χ3n) is 4.16. The van der Waals surface area contributed by atoms with E-state index in [1.165, 1.54) is 7.11 Å². The molecule has 1 atom stereocenters. The number of carbonyl (C=O) groups excluding carboxylic acids is 3. The zero-order valence-electron chi connectivity index (χ0n) is 16.4. The Balaban J connectivity index is 1.85. The van der Waals surface area contributed by atoms with E-state index in [1.807, 2.05) is 0 Å². The number of amides is 2. The van der Waals surface area contributed by atoms with Crippen LogP contribution in [0.15, 0.2) is 6.20 Å². The predicted molar refractivity (Wildman–Crippen MR) is 95.0 cm³/mol. The molecule has 27 heavy (non-hydrogen) atoms. The van der Waals surface area contributed by atoms with Gasteiger partial charge in [-0.3, -0.25) is 4.79 Å². The molecule has 1 aliphatic rings. The third kappa shape index (κ3) is 5.66. The van der Waals surface area contributed by atoms with Crippen molar-refractivity contribution in [2.45, 2.75) is 58.2 Å². The number of ether oxygens (including phenoxy) is 2. The predicted octanol–water partition coefficient (Wildman–Crippen LogP) is 1.14. The fourth-order valence-corrected chi connectivity index (χ4v) is 2.82. The fraction of sp³-hybridized carbons (Fsp3) is 0.706. The number of hydrogen-bond donors (Lipinski definition) is 1. The number of carbonyl (C=O) groups is 3. The van der Waals surface area contributed by atoms with Crippen LogP contribution in [0.2, 0.25) is 0 Å². The van der Waals surface area contributed by atoms with Crippen LogP contribution in [0.3, 0.4) is 0 Å². The van der Waals surface area contributed by atoms with E-state index in [1.54, 1.807) is 43.5 Å². The number of nitrogens with one attached hydrogen (secondary N) is 1. The standard InChI is InChI=1S/C17H27N5O5/c1-11(18-16(25)27-17(2,3)4)14(23)21-8-6-12(7-9-21)22-10-13(19-20-22)15(24)26-5/h10-12H,6-9H2,1-5H3,(H,18,25). The summed E-state index contributed by atoms with van der Waals surface area (Å²) < 4.78 is 11.4. The van der Waals surface area contributed by atoms with E-state index in [-0.39, 0.29) is 17.6 Å². The van der Waals surface area contributed by atoms with Gasteiger partial charge in [0.25, 0.3) is 0 Å². The minimum absolute atomic E-state index is 0.0501. The summed E-state index contributed by atoms with van der Waals surface area (Å²) in [6.45, 7) is 7.98. The summed E-state index contributed by atoms with van der Waals surface area (Å²) in [5, 5.41) is 10.3. The van der Waals surface area contributed by atoms with Crippen LogP contribution >= 0.6 is 0 Å². The maximum Gasteiger partial charge on any atom is 0.408 e. The van der Waals surface area contributed by atoms with Gasteiger partial charge in [0.1, 0.15) is 11.6 Å². The molecular formula is C17H27N5O5. The largest absolute Gasteiger partial charge is 0.464 e. The third-order valence-corrected chi connectivity index (χ3v) is 4.16. The van der Waals surface area contributed by atoms with Crippen LogP contribution in [-0.4, -0.2) is 69.7 Å². The Labute approximate surface area is 158 Å². The second-order valence-electron chi connectivity index (χ2n) is 7.50. The second kappa shape index (κ2) is 8.36. The highest BCUT2D eigenvalue weighted by molar-refractivity contribution is 5.86. The molecule has 0 spiro atoms. The quantitative estimate of drug-likeness (QED) is 0.778. The maximum atomic E-state index is 12.5. The lowest BCUT2D eigenvalue weighted by atomic mass is 10.0. The van der Waals surface area contributed by atoms with Gasteiger partial charge in [0.2, 0.25) is 5.91 Å². The summed E-state index contributed by atoms with van der Waals surface area (Å²) in [5.74, 6) is -0.691. The first-order chi connectivity index (χ1) is 12.6. The number of nitrogens with zero attached hydrogens (tertiary/aromatic N) is 4. The van der Waals surface area contributed by atoms with E-state index < -0.39 is 23.7 Å². The van der Waals surface area contributed by atoms with Gasteiger partial charge in [0.05, 0.1) is 19.3 Å².